The Morgan fingerprint density at radius 3 is 2.52 bits per heavy atom. The number of nitrogens with two attached hydrogens (primary N) is 1. The minimum Gasteiger partial charge on any atom is -0.352 e. The molecule has 1 unspecified atom stereocenters. The van der Waals surface area contributed by atoms with E-state index in [2.05, 4.69) is 22.3 Å². The number of rotatable bonds is 7. The highest BCUT2D eigenvalue weighted by Crippen LogP contribution is 2.33. The summed E-state index contributed by atoms with van der Waals surface area (Å²) in [6.45, 7) is 4.29. The Hall–Kier alpha value is -1.63. The molecule has 0 radical (unpaired) electrons. The van der Waals surface area contributed by atoms with Crippen LogP contribution in [0.5, 0.6) is 0 Å². The predicted octanol–water partition coefficient (Wildman–Crippen LogP) is 1.21. The Labute approximate surface area is 167 Å². The lowest BCUT2D eigenvalue weighted by atomic mass is 9.89. The van der Waals surface area contributed by atoms with Crippen LogP contribution in [0.25, 0.3) is 0 Å². The second-order valence-corrected chi connectivity index (χ2v) is 7.68. The summed E-state index contributed by atoms with van der Waals surface area (Å²) in [6.07, 6.45) is 2.10. The van der Waals surface area contributed by atoms with Crippen molar-refractivity contribution in [1.29, 1.82) is 0 Å². The van der Waals surface area contributed by atoms with Crippen molar-refractivity contribution in [2.45, 2.75) is 37.8 Å². The Morgan fingerprint density at radius 1 is 1.26 bits per heavy atom. The molecule has 0 bridgehead atoms. The van der Waals surface area contributed by atoms with Crippen molar-refractivity contribution < 1.29 is 9.59 Å². The van der Waals surface area contributed by atoms with Crippen molar-refractivity contribution in [2.75, 3.05) is 33.2 Å². The minimum absolute atomic E-state index is 0. The SMILES string of the molecule is CC(C(=O)N(C)CC(=O)NC1CC1)N1C[C@@H](CN)[C@H](c2ccccc2)C1.Cl. The molecule has 1 aliphatic carbocycles. The van der Waals surface area contributed by atoms with Crippen molar-refractivity contribution >= 4 is 24.2 Å². The third-order valence-electron chi connectivity index (χ3n) is 5.60. The predicted molar refractivity (Wildman–Crippen MR) is 109 cm³/mol. The number of carbonyl (C=O) groups is 2. The highest BCUT2D eigenvalue weighted by Gasteiger charge is 2.37. The van der Waals surface area contributed by atoms with E-state index < -0.39 is 0 Å². The van der Waals surface area contributed by atoms with E-state index >= 15 is 0 Å². The molecule has 27 heavy (non-hydrogen) atoms. The zero-order valence-corrected chi connectivity index (χ0v) is 17.0. The number of benzene rings is 1. The summed E-state index contributed by atoms with van der Waals surface area (Å²) < 4.78 is 0. The van der Waals surface area contributed by atoms with Crippen molar-refractivity contribution in [3.05, 3.63) is 35.9 Å². The molecule has 0 spiro atoms. The lowest BCUT2D eigenvalue weighted by molar-refractivity contribution is -0.138. The standard InChI is InChI=1S/C20H30N4O2.ClH/c1-14(20(26)23(2)13-19(25)22-17-8-9-17)24-11-16(10-21)18(12-24)15-6-4-3-5-7-15;/h3-7,14,16-18H,8-13,21H2,1-2H3,(H,22,25);1H/t14?,16-,18+;/m1./s1. The molecule has 3 rings (SSSR count). The van der Waals surface area contributed by atoms with Crippen LogP contribution in [0.3, 0.4) is 0 Å². The summed E-state index contributed by atoms with van der Waals surface area (Å²) in [5, 5.41) is 2.93. The molecule has 1 saturated carbocycles. The van der Waals surface area contributed by atoms with Crippen LogP contribution in [0.4, 0.5) is 0 Å². The molecule has 1 aliphatic heterocycles. The fourth-order valence-corrected chi connectivity index (χ4v) is 3.81. The lowest BCUT2D eigenvalue weighted by Crippen LogP contribution is -2.48. The summed E-state index contributed by atoms with van der Waals surface area (Å²) in [4.78, 5) is 28.5. The monoisotopic (exact) mass is 394 g/mol. The fourth-order valence-electron chi connectivity index (χ4n) is 3.81. The van der Waals surface area contributed by atoms with Gasteiger partial charge in [0.25, 0.3) is 0 Å². The van der Waals surface area contributed by atoms with Gasteiger partial charge in [-0.1, -0.05) is 30.3 Å². The molecule has 7 heteroatoms. The summed E-state index contributed by atoms with van der Waals surface area (Å²) in [6, 6.07) is 10.4. The Bertz CT molecular complexity index is 638. The average Bonchev–Trinajstić information content (AvgIpc) is 3.35. The van der Waals surface area contributed by atoms with Crippen LogP contribution >= 0.6 is 12.4 Å². The van der Waals surface area contributed by atoms with Gasteiger partial charge in [0.1, 0.15) is 0 Å². The quantitative estimate of drug-likeness (QED) is 0.728. The number of likely N-dealkylation sites (tertiary alicyclic amines) is 1. The van der Waals surface area contributed by atoms with Gasteiger partial charge in [0.2, 0.25) is 11.8 Å². The Balaban J connectivity index is 0.00000261. The first-order valence-corrected chi connectivity index (χ1v) is 9.53. The van der Waals surface area contributed by atoms with Crippen LogP contribution in [0.1, 0.15) is 31.2 Å². The summed E-state index contributed by atoms with van der Waals surface area (Å²) in [7, 11) is 1.70. The number of amides is 2. The van der Waals surface area contributed by atoms with Gasteiger partial charge >= 0.3 is 0 Å². The zero-order chi connectivity index (χ0) is 18.7. The first-order valence-electron chi connectivity index (χ1n) is 9.53. The average molecular weight is 395 g/mol. The zero-order valence-electron chi connectivity index (χ0n) is 16.1. The maximum absolute atomic E-state index is 12.8. The van der Waals surface area contributed by atoms with E-state index in [9.17, 15) is 9.59 Å². The van der Waals surface area contributed by atoms with E-state index in [1.165, 1.54) is 10.5 Å². The van der Waals surface area contributed by atoms with Gasteiger partial charge < -0.3 is 16.0 Å². The van der Waals surface area contributed by atoms with Gasteiger partial charge in [0.05, 0.1) is 12.6 Å². The highest BCUT2D eigenvalue weighted by atomic mass is 35.5. The van der Waals surface area contributed by atoms with Gasteiger partial charge in [-0.25, -0.2) is 0 Å². The molecule has 0 aromatic heterocycles. The number of likely N-dealkylation sites (N-methyl/N-ethyl adjacent to an activating group) is 1. The van der Waals surface area contributed by atoms with E-state index in [1.54, 1.807) is 7.05 Å². The number of hydrogen-bond acceptors (Lipinski definition) is 4. The summed E-state index contributed by atoms with van der Waals surface area (Å²) in [5.74, 6) is 0.607. The topological polar surface area (TPSA) is 78.7 Å². The van der Waals surface area contributed by atoms with Crippen molar-refractivity contribution in [3.8, 4) is 0 Å². The largest absolute Gasteiger partial charge is 0.352 e. The summed E-state index contributed by atoms with van der Waals surface area (Å²) >= 11 is 0. The number of halogens is 1. The van der Waals surface area contributed by atoms with E-state index in [-0.39, 0.29) is 36.8 Å². The number of nitrogens with one attached hydrogen (secondary N) is 1. The van der Waals surface area contributed by atoms with E-state index in [0.29, 0.717) is 24.4 Å². The second-order valence-electron chi connectivity index (χ2n) is 7.68. The number of nitrogens with zero attached hydrogens (tertiary/aromatic N) is 2. The van der Waals surface area contributed by atoms with Crippen LogP contribution in [-0.4, -0.2) is 66.9 Å². The third-order valence-corrected chi connectivity index (χ3v) is 5.60. The van der Waals surface area contributed by atoms with Gasteiger partial charge in [-0.05, 0) is 37.8 Å². The fraction of sp³-hybridized carbons (Fsp3) is 0.600. The minimum atomic E-state index is -0.253. The van der Waals surface area contributed by atoms with Crippen LogP contribution in [0, 0.1) is 5.92 Å². The third kappa shape index (κ3) is 5.43. The van der Waals surface area contributed by atoms with Crippen molar-refractivity contribution in [3.63, 3.8) is 0 Å². The molecule has 1 heterocycles. The molecule has 1 aromatic rings. The molecule has 1 aromatic carbocycles. The van der Waals surface area contributed by atoms with Gasteiger partial charge in [-0.2, -0.15) is 0 Å². The van der Waals surface area contributed by atoms with Crippen LogP contribution in [0.2, 0.25) is 0 Å². The molecule has 3 atom stereocenters. The van der Waals surface area contributed by atoms with Gasteiger partial charge in [-0.15, -0.1) is 12.4 Å². The molecular weight excluding hydrogens is 364 g/mol. The molecule has 2 aliphatic rings. The smallest absolute Gasteiger partial charge is 0.239 e. The second kappa shape index (κ2) is 9.53. The molecule has 150 valence electrons. The van der Waals surface area contributed by atoms with E-state index in [4.69, 9.17) is 5.73 Å². The van der Waals surface area contributed by atoms with Gasteiger partial charge in [0, 0.05) is 32.1 Å². The molecule has 1 saturated heterocycles. The summed E-state index contributed by atoms with van der Waals surface area (Å²) in [5.41, 5.74) is 7.28. The van der Waals surface area contributed by atoms with Crippen LogP contribution in [-0.2, 0) is 9.59 Å². The van der Waals surface area contributed by atoms with E-state index in [1.807, 2.05) is 25.1 Å². The first kappa shape index (κ1) is 21.7. The maximum atomic E-state index is 12.8. The Kier molecular flexibility index (Phi) is 7.65. The van der Waals surface area contributed by atoms with Crippen molar-refractivity contribution in [2.24, 2.45) is 11.7 Å². The molecule has 2 amide bonds. The van der Waals surface area contributed by atoms with Gasteiger partial charge in [-0.3, -0.25) is 14.5 Å². The maximum Gasteiger partial charge on any atom is 0.239 e. The first-order chi connectivity index (χ1) is 12.5. The van der Waals surface area contributed by atoms with Crippen LogP contribution in [0.15, 0.2) is 30.3 Å². The molecular formula is C20H31ClN4O2. The lowest BCUT2D eigenvalue weighted by Gasteiger charge is -2.28. The Morgan fingerprint density at radius 2 is 1.93 bits per heavy atom. The molecule has 3 N–H and O–H groups in total. The van der Waals surface area contributed by atoms with Crippen molar-refractivity contribution in [1.82, 2.24) is 15.1 Å². The number of carbonyl (C=O) groups excluding carboxylic acids is 2. The number of hydrogen-bond donors (Lipinski definition) is 2. The van der Waals surface area contributed by atoms with Crippen LogP contribution < -0.4 is 11.1 Å². The molecule has 2 fully saturated rings. The van der Waals surface area contributed by atoms with E-state index in [0.717, 1.165) is 25.9 Å². The highest BCUT2D eigenvalue weighted by molar-refractivity contribution is 5.87. The van der Waals surface area contributed by atoms with Gasteiger partial charge in [0.15, 0.2) is 0 Å². The normalized spacial score (nSPS) is 23.4. The molecule has 6 nitrogen and oxygen atoms in total.